The number of carboxylic acid groups (broad SMARTS) is 1. The smallest absolute Gasteiger partial charge is 0.471 e. The Morgan fingerprint density at radius 1 is 1.40 bits per heavy atom. The Kier molecular flexibility index (Phi) is 2.67. The topological polar surface area (TPSA) is 57.6 Å². The monoisotopic (exact) mass is 225 g/mol. The third-order valence-corrected chi connectivity index (χ3v) is 2.25. The van der Waals surface area contributed by atoms with Crippen molar-refractivity contribution in [2.75, 3.05) is 13.1 Å². The third-order valence-electron chi connectivity index (χ3n) is 2.25. The van der Waals surface area contributed by atoms with Crippen LogP contribution in [0.4, 0.5) is 13.2 Å². The van der Waals surface area contributed by atoms with Crippen LogP contribution >= 0.6 is 0 Å². The Hall–Kier alpha value is -1.27. The Morgan fingerprint density at radius 2 is 1.87 bits per heavy atom. The van der Waals surface area contributed by atoms with E-state index < -0.39 is 23.5 Å². The summed E-state index contributed by atoms with van der Waals surface area (Å²) in [4.78, 5) is 21.6. The number of carbonyl (C=O) groups excluding carboxylic acids is 1. The van der Waals surface area contributed by atoms with Crippen molar-refractivity contribution in [2.24, 2.45) is 5.41 Å². The van der Waals surface area contributed by atoms with E-state index in [9.17, 15) is 22.8 Å². The van der Waals surface area contributed by atoms with Gasteiger partial charge in [-0.1, -0.05) is 6.92 Å². The maximum absolute atomic E-state index is 11.9. The van der Waals surface area contributed by atoms with Crippen LogP contribution in [0.3, 0.4) is 0 Å². The van der Waals surface area contributed by atoms with Crippen molar-refractivity contribution in [3.8, 4) is 0 Å². The fourth-order valence-electron chi connectivity index (χ4n) is 1.68. The molecule has 1 N–H and O–H groups in total. The van der Waals surface area contributed by atoms with E-state index in [4.69, 9.17) is 5.11 Å². The second-order valence-corrected chi connectivity index (χ2v) is 4.04. The highest BCUT2D eigenvalue weighted by Gasteiger charge is 2.51. The van der Waals surface area contributed by atoms with Crippen molar-refractivity contribution in [3.05, 3.63) is 0 Å². The molecule has 1 aliphatic heterocycles. The molecule has 1 aliphatic rings. The highest BCUT2D eigenvalue weighted by molar-refractivity contribution is 5.83. The molecule has 7 heteroatoms. The summed E-state index contributed by atoms with van der Waals surface area (Å²) in [5.41, 5.74) is -0.729. The predicted molar refractivity (Wildman–Crippen MR) is 43.0 cm³/mol. The van der Waals surface area contributed by atoms with Gasteiger partial charge in [-0.3, -0.25) is 9.59 Å². The number of alkyl halides is 3. The standard InChI is InChI=1S/C8H10F3NO3/c1-7(2-5(13)14)3-12(4-7)6(15)8(9,10)11/h2-4H2,1H3,(H,13,14). The lowest BCUT2D eigenvalue weighted by molar-refractivity contribution is -0.196. The Balaban J connectivity index is 2.50. The van der Waals surface area contributed by atoms with E-state index in [2.05, 4.69) is 0 Å². The average Bonchev–Trinajstić information content (AvgIpc) is 1.95. The molecule has 0 aliphatic carbocycles. The summed E-state index contributed by atoms with van der Waals surface area (Å²) in [7, 11) is 0. The van der Waals surface area contributed by atoms with Gasteiger partial charge in [0.1, 0.15) is 0 Å². The lowest BCUT2D eigenvalue weighted by atomic mass is 9.79. The lowest BCUT2D eigenvalue weighted by Gasteiger charge is -2.47. The molecule has 1 heterocycles. The van der Waals surface area contributed by atoms with Crippen LogP contribution in [0, 0.1) is 5.41 Å². The number of hydrogen-bond acceptors (Lipinski definition) is 2. The molecule has 1 amide bonds. The zero-order chi connectivity index (χ0) is 11.9. The molecule has 0 saturated carbocycles. The Bertz CT molecular complexity index is 294. The minimum Gasteiger partial charge on any atom is -0.481 e. The van der Waals surface area contributed by atoms with Gasteiger partial charge in [0.2, 0.25) is 0 Å². The van der Waals surface area contributed by atoms with Crippen LogP contribution < -0.4 is 0 Å². The van der Waals surface area contributed by atoms with Gasteiger partial charge in [-0.05, 0) is 0 Å². The highest BCUT2D eigenvalue weighted by atomic mass is 19.4. The van der Waals surface area contributed by atoms with Crippen molar-refractivity contribution < 1.29 is 27.9 Å². The molecule has 0 unspecified atom stereocenters. The number of nitrogens with zero attached hydrogens (tertiary/aromatic N) is 1. The Labute approximate surface area is 83.7 Å². The third kappa shape index (κ3) is 2.60. The van der Waals surface area contributed by atoms with E-state index in [1.54, 1.807) is 6.92 Å². The van der Waals surface area contributed by atoms with Gasteiger partial charge in [0.05, 0.1) is 6.42 Å². The summed E-state index contributed by atoms with van der Waals surface area (Å²) in [6, 6.07) is 0. The normalized spacial score (nSPS) is 19.6. The molecule has 86 valence electrons. The molecule has 1 fully saturated rings. The zero-order valence-electron chi connectivity index (χ0n) is 7.97. The summed E-state index contributed by atoms with van der Waals surface area (Å²) in [5, 5.41) is 8.47. The largest absolute Gasteiger partial charge is 0.481 e. The number of hydrogen-bond donors (Lipinski definition) is 1. The summed E-state index contributed by atoms with van der Waals surface area (Å²) in [5.74, 6) is -2.97. The van der Waals surface area contributed by atoms with Crippen molar-refractivity contribution in [1.82, 2.24) is 4.90 Å². The molecular formula is C8H10F3NO3. The fraction of sp³-hybridized carbons (Fsp3) is 0.750. The zero-order valence-corrected chi connectivity index (χ0v) is 7.97. The van der Waals surface area contributed by atoms with E-state index in [-0.39, 0.29) is 19.5 Å². The SMILES string of the molecule is CC1(CC(=O)O)CN(C(=O)C(F)(F)F)C1. The lowest BCUT2D eigenvalue weighted by Crippen LogP contribution is -2.60. The van der Waals surface area contributed by atoms with Crippen molar-refractivity contribution in [2.45, 2.75) is 19.5 Å². The van der Waals surface area contributed by atoms with Gasteiger partial charge in [0.25, 0.3) is 0 Å². The van der Waals surface area contributed by atoms with Crippen LogP contribution in [0.5, 0.6) is 0 Å². The van der Waals surface area contributed by atoms with Crippen LogP contribution in [0.2, 0.25) is 0 Å². The van der Waals surface area contributed by atoms with Gasteiger partial charge in [-0.15, -0.1) is 0 Å². The maximum Gasteiger partial charge on any atom is 0.471 e. The van der Waals surface area contributed by atoms with E-state index in [1.807, 2.05) is 0 Å². The van der Waals surface area contributed by atoms with Gasteiger partial charge in [-0.2, -0.15) is 13.2 Å². The Morgan fingerprint density at radius 3 is 2.20 bits per heavy atom. The second kappa shape index (κ2) is 3.39. The second-order valence-electron chi connectivity index (χ2n) is 4.04. The molecule has 0 bridgehead atoms. The quantitative estimate of drug-likeness (QED) is 0.758. The minimum atomic E-state index is -4.87. The van der Waals surface area contributed by atoms with Crippen LogP contribution in [-0.2, 0) is 9.59 Å². The predicted octanol–water partition coefficient (Wildman–Crippen LogP) is 0.872. The van der Waals surface area contributed by atoms with Crippen LogP contribution in [-0.4, -0.2) is 41.1 Å². The summed E-state index contributed by atoms with van der Waals surface area (Å²) >= 11 is 0. The van der Waals surface area contributed by atoms with Gasteiger partial charge in [-0.25, -0.2) is 0 Å². The highest BCUT2D eigenvalue weighted by Crippen LogP contribution is 2.35. The fourth-order valence-corrected chi connectivity index (χ4v) is 1.68. The number of likely N-dealkylation sites (tertiary alicyclic amines) is 1. The minimum absolute atomic E-state index is 0.155. The van der Waals surface area contributed by atoms with Gasteiger partial charge in [0.15, 0.2) is 0 Å². The molecule has 1 rings (SSSR count). The summed E-state index contributed by atoms with van der Waals surface area (Å²) in [6.45, 7) is 1.23. The van der Waals surface area contributed by atoms with Crippen molar-refractivity contribution >= 4 is 11.9 Å². The first-order chi connectivity index (χ1) is 6.64. The van der Waals surface area contributed by atoms with Crippen LogP contribution in [0.15, 0.2) is 0 Å². The van der Waals surface area contributed by atoms with Gasteiger partial charge >= 0.3 is 18.1 Å². The maximum atomic E-state index is 11.9. The number of halogens is 3. The number of amides is 1. The number of carboxylic acids is 1. The van der Waals surface area contributed by atoms with Crippen molar-refractivity contribution in [1.29, 1.82) is 0 Å². The molecule has 4 nitrogen and oxygen atoms in total. The molecule has 1 saturated heterocycles. The van der Waals surface area contributed by atoms with Gasteiger partial charge < -0.3 is 10.0 Å². The van der Waals surface area contributed by atoms with Crippen LogP contribution in [0.1, 0.15) is 13.3 Å². The first-order valence-electron chi connectivity index (χ1n) is 4.22. The first-order valence-corrected chi connectivity index (χ1v) is 4.22. The molecule has 0 spiro atoms. The first kappa shape index (κ1) is 11.8. The molecule has 0 atom stereocenters. The molecule has 0 aromatic rings. The van der Waals surface area contributed by atoms with Gasteiger partial charge in [0, 0.05) is 18.5 Å². The molecule has 0 aromatic carbocycles. The number of rotatable bonds is 2. The summed E-state index contributed by atoms with van der Waals surface area (Å²) in [6.07, 6.45) is -5.10. The molecule has 0 radical (unpaired) electrons. The van der Waals surface area contributed by atoms with E-state index in [1.165, 1.54) is 0 Å². The van der Waals surface area contributed by atoms with E-state index >= 15 is 0 Å². The summed E-state index contributed by atoms with van der Waals surface area (Å²) < 4.78 is 35.8. The molecule has 15 heavy (non-hydrogen) atoms. The number of aliphatic carboxylic acids is 1. The average molecular weight is 225 g/mol. The number of carbonyl (C=O) groups is 2. The molecule has 0 aromatic heterocycles. The van der Waals surface area contributed by atoms with Crippen molar-refractivity contribution in [3.63, 3.8) is 0 Å². The van der Waals surface area contributed by atoms with E-state index in [0.29, 0.717) is 4.90 Å². The van der Waals surface area contributed by atoms with E-state index in [0.717, 1.165) is 0 Å². The molecular weight excluding hydrogens is 215 g/mol. The van der Waals surface area contributed by atoms with Crippen LogP contribution in [0.25, 0.3) is 0 Å².